The summed E-state index contributed by atoms with van der Waals surface area (Å²) in [6.45, 7) is 6.00. The van der Waals surface area contributed by atoms with Crippen LogP contribution >= 0.6 is 0 Å². The van der Waals surface area contributed by atoms with Crippen molar-refractivity contribution in [2.45, 2.75) is 51.2 Å². The van der Waals surface area contributed by atoms with Crippen molar-refractivity contribution in [3.8, 4) is 0 Å². The minimum Gasteiger partial charge on any atom is -0.388 e. The van der Waals surface area contributed by atoms with Crippen molar-refractivity contribution < 1.29 is 9.90 Å². The maximum atomic E-state index is 12.1. The number of carbonyl (C=O) groups is 1. The number of urea groups is 1. The molecule has 5 heteroatoms. The van der Waals surface area contributed by atoms with Crippen molar-refractivity contribution in [1.82, 2.24) is 10.6 Å². The molecule has 1 aliphatic heterocycles. The number of rotatable bonds is 6. The van der Waals surface area contributed by atoms with Crippen LogP contribution in [0.2, 0.25) is 0 Å². The number of aliphatic hydroxyl groups is 1. The average Bonchev–Trinajstić information content (AvgIpc) is 2.61. The van der Waals surface area contributed by atoms with Crippen LogP contribution in [0.1, 0.15) is 39.5 Å². The highest BCUT2D eigenvalue weighted by Crippen LogP contribution is 2.19. The molecule has 2 rings (SSSR count). The largest absolute Gasteiger partial charge is 0.388 e. The highest BCUT2D eigenvalue weighted by molar-refractivity contribution is 5.74. The van der Waals surface area contributed by atoms with Gasteiger partial charge in [0.25, 0.3) is 0 Å². The summed E-state index contributed by atoms with van der Waals surface area (Å²) in [6.07, 6.45) is 3.32. The maximum absolute atomic E-state index is 12.1. The fourth-order valence-corrected chi connectivity index (χ4v) is 2.95. The van der Waals surface area contributed by atoms with Gasteiger partial charge < -0.3 is 20.6 Å². The first-order valence-electron chi connectivity index (χ1n) is 8.63. The summed E-state index contributed by atoms with van der Waals surface area (Å²) in [5.41, 5.74) is 0.394. The molecule has 0 bridgehead atoms. The molecule has 1 heterocycles. The zero-order valence-electron chi connectivity index (χ0n) is 14.2. The van der Waals surface area contributed by atoms with Crippen LogP contribution in [0, 0.1) is 0 Å². The van der Waals surface area contributed by atoms with Crippen molar-refractivity contribution >= 4 is 11.7 Å². The normalized spacial score (nSPS) is 18.6. The van der Waals surface area contributed by atoms with Crippen LogP contribution in [-0.2, 0) is 0 Å². The minimum absolute atomic E-state index is 0.139. The summed E-state index contributed by atoms with van der Waals surface area (Å²) < 4.78 is 0. The first kappa shape index (κ1) is 17.6. The second kappa shape index (κ2) is 8.20. The third-order valence-corrected chi connectivity index (χ3v) is 4.77. The van der Waals surface area contributed by atoms with Crippen LogP contribution in [0.4, 0.5) is 10.5 Å². The van der Waals surface area contributed by atoms with E-state index in [0.717, 1.165) is 25.9 Å². The first-order valence-corrected chi connectivity index (χ1v) is 8.63. The second-order valence-corrected chi connectivity index (χ2v) is 6.38. The lowest BCUT2D eigenvalue weighted by Crippen LogP contribution is -2.53. The maximum Gasteiger partial charge on any atom is 0.315 e. The molecule has 1 unspecified atom stereocenters. The van der Waals surface area contributed by atoms with Gasteiger partial charge in [0.15, 0.2) is 0 Å². The van der Waals surface area contributed by atoms with Gasteiger partial charge in [-0.05, 0) is 37.8 Å². The summed E-state index contributed by atoms with van der Waals surface area (Å²) in [5.74, 6) is 0. The molecule has 0 aromatic heterocycles. The highest BCUT2D eigenvalue weighted by atomic mass is 16.3. The molecule has 0 saturated carbocycles. The Labute approximate surface area is 139 Å². The van der Waals surface area contributed by atoms with Gasteiger partial charge in [-0.1, -0.05) is 32.0 Å². The first-order chi connectivity index (χ1) is 11.1. The molecule has 0 spiro atoms. The van der Waals surface area contributed by atoms with E-state index in [1.54, 1.807) is 0 Å². The van der Waals surface area contributed by atoms with Gasteiger partial charge in [0.1, 0.15) is 0 Å². The lowest BCUT2D eigenvalue weighted by molar-refractivity contribution is 0.0348. The van der Waals surface area contributed by atoms with E-state index < -0.39 is 5.60 Å². The Hall–Kier alpha value is -1.75. The molecule has 2 amide bonds. The number of hydrogen-bond donors (Lipinski definition) is 3. The predicted octanol–water partition coefficient (Wildman–Crippen LogP) is 2.51. The average molecular weight is 319 g/mol. The van der Waals surface area contributed by atoms with Gasteiger partial charge in [-0.15, -0.1) is 0 Å². The summed E-state index contributed by atoms with van der Waals surface area (Å²) in [7, 11) is 0. The van der Waals surface area contributed by atoms with Gasteiger partial charge in [0, 0.05) is 31.4 Å². The Bertz CT molecular complexity index is 488. The van der Waals surface area contributed by atoms with Crippen LogP contribution in [0.25, 0.3) is 0 Å². The van der Waals surface area contributed by atoms with Crippen molar-refractivity contribution in [2.75, 3.05) is 24.5 Å². The Balaban J connectivity index is 1.82. The van der Waals surface area contributed by atoms with Gasteiger partial charge in [0.2, 0.25) is 0 Å². The van der Waals surface area contributed by atoms with Gasteiger partial charge in [-0.2, -0.15) is 0 Å². The fraction of sp³-hybridized carbons (Fsp3) is 0.611. The van der Waals surface area contributed by atoms with Crippen LogP contribution < -0.4 is 15.5 Å². The zero-order valence-corrected chi connectivity index (χ0v) is 14.2. The smallest absolute Gasteiger partial charge is 0.315 e. The van der Waals surface area contributed by atoms with Crippen molar-refractivity contribution in [3.05, 3.63) is 30.3 Å². The van der Waals surface area contributed by atoms with Crippen LogP contribution in [-0.4, -0.2) is 42.4 Å². The molecule has 1 fully saturated rings. The van der Waals surface area contributed by atoms with Gasteiger partial charge >= 0.3 is 6.03 Å². The van der Waals surface area contributed by atoms with E-state index in [9.17, 15) is 9.90 Å². The molecule has 1 atom stereocenters. The molecule has 128 valence electrons. The molecule has 5 nitrogen and oxygen atoms in total. The fourth-order valence-electron chi connectivity index (χ4n) is 2.95. The van der Waals surface area contributed by atoms with Crippen LogP contribution in [0.3, 0.4) is 0 Å². The summed E-state index contributed by atoms with van der Waals surface area (Å²) in [5, 5.41) is 16.1. The third-order valence-electron chi connectivity index (χ3n) is 4.77. The lowest BCUT2D eigenvalue weighted by Gasteiger charge is -2.35. The number of para-hydroxylation sites is 1. The Morgan fingerprint density at radius 1 is 1.30 bits per heavy atom. The Morgan fingerprint density at radius 3 is 2.65 bits per heavy atom. The molecule has 1 aromatic rings. The minimum atomic E-state index is -0.806. The van der Waals surface area contributed by atoms with E-state index >= 15 is 0 Å². The van der Waals surface area contributed by atoms with E-state index in [1.807, 2.05) is 32.0 Å². The summed E-state index contributed by atoms with van der Waals surface area (Å²) in [6, 6.07) is 10.2. The number of benzene rings is 1. The number of nitrogens with zero attached hydrogens (tertiary/aromatic N) is 1. The number of carbonyl (C=O) groups excluding carboxylic acids is 1. The van der Waals surface area contributed by atoms with Gasteiger partial charge in [-0.3, -0.25) is 0 Å². The second-order valence-electron chi connectivity index (χ2n) is 6.38. The number of hydrogen-bond acceptors (Lipinski definition) is 3. The van der Waals surface area contributed by atoms with Crippen molar-refractivity contribution in [1.29, 1.82) is 0 Å². The number of anilines is 1. The molecule has 1 saturated heterocycles. The highest BCUT2D eigenvalue weighted by Gasteiger charge is 2.25. The number of piperidine rings is 1. The van der Waals surface area contributed by atoms with E-state index in [1.165, 1.54) is 5.69 Å². The molecular weight excluding hydrogens is 290 g/mol. The SMILES string of the molecule is CCC(O)(CC)CNC(=O)NC1CCCN(c2ccccc2)C1. The monoisotopic (exact) mass is 319 g/mol. The molecule has 1 aliphatic rings. The molecular formula is C18H29N3O2. The Kier molecular flexibility index (Phi) is 6.28. The summed E-state index contributed by atoms with van der Waals surface area (Å²) in [4.78, 5) is 14.4. The molecule has 23 heavy (non-hydrogen) atoms. The number of amides is 2. The van der Waals surface area contributed by atoms with Gasteiger partial charge in [0.05, 0.1) is 5.60 Å². The zero-order chi connectivity index (χ0) is 16.7. The predicted molar refractivity (Wildman–Crippen MR) is 93.7 cm³/mol. The molecule has 1 aromatic carbocycles. The third kappa shape index (κ3) is 5.13. The van der Waals surface area contributed by atoms with Gasteiger partial charge in [-0.25, -0.2) is 4.79 Å². The number of nitrogens with one attached hydrogen (secondary N) is 2. The Morgan fingerprint density at radius 2 is 2.00 bits per heavy atom. The van der Waals surface area contributed by atoms with E-state index in [0.29, 0.717) is 19.4 Å². The molecule has 0 aliphatic carbocycles. The van der Waals surface area contributed by atoms with E-state index in [-0.39, 0.29) is 12.1 Å². The quantitative estimate of drug-likeness (QED) is 0.755. The van der Waals surface area contributed by atoms with E-state index in [4.69, 9.17) is 0 Å². The van der Waals surface area contributed by atoms with Crippen molar-refractivity contribution in [2.24, 2.45) is 0 Å². The molecule has 0 radical (unpaired) electrons. The molecule has 3 N–H and O–H groups in total. The lowest BCUT2D eigenvalue weighted by atomic mass is 9.98. The van der Waals surface area contributed by atoms with E-state index in [2.05, 4.69) is 27.7 Å². The van der Waals surface area contributed by atoms with Crippen LogP contribution in [0.15, 0.2) is 30.3 Å². The topological polar surface area (TPSA) is 64.6 Å². The standard InChI is InChI=1S/C18H29N3O2/c1-3-18(23,4-2)14-19-17(22)20-15-9-8-12-21(13-15)16-10-6-5-7-11-16/h5-7,10-11,15,23H,3-4,8-9,12-14H2,1-2H3,(H2,19,20,22). The summed E-state index contributed by atoms with van der Waals surface area (Å²) >= 11 is 0. The van der Waals surface area contributed by atoms with Crippen molar-refractivity contribution in [3.63, 3.8) is 0 Å². The van der Waals surface area contributed by atoms with Crippen LogP contribution in [0.5, 0.6) is 0 Å².